The molecular weight excluding hydrogens is 342 g/mol. The van der Waals surface area contributed by atoms with E-state index in [0.717, 1.165) is 0 Å². The molecule has 0 aliphatic rings. The minimum atomic E-state index is -0.436. The molecule has 0 radical (unpaired) electrons. The van der Waals surface area contributed by atoms with Crippen molar-refractivity contribution in [2.45, 2.75) is 0 Å². The predicted octanol–water partition coefficient (Wildman–Crippen LogP) is 2.44. The largest absolute Gasteiger partial charge is 0.505 e. The van der Waals surface area contributed by atoms with E-state index < -0.39 is 5.91 Å². The number of nitrogens with two attached hydrogens (primary N) is 1. The molecule has 2 rings (SSSR count). The molecule has 0 unspecified atom stereocenters. The van der Waals surface area contributed by atoms with Crippen LogP contribution in [0.2, 0.25) is 0 Å². The lowest BCUT2D eigenvalue weighted by Crippen LogP contribution is -2.14. The van der Waals surface area contributed by atoms with Gasteiger partial charge in [-0.3, -0.25) is 9.78 Å². The number of rotatable bonds is 3. The summed E-state index contributed by atoms with van der Waals surface area (Å²) in [5, 5.41) is 12.3. The fourth-order valence-corrected chi connectivity index (χ4v) is 2.14. The highest BCUT2D eigenvalue weighted by Gasteiger charge is 2.12. The summed E-state index contributed by atoms with van der Waals surface area (Å²) in [6.45, 7) is 0. The van der Waals surface area contributed by atoms with E-state index in [1.807, 2.05) is 0 Å². The summed E-state index contributed by atoms with van der Waals surface area (Å²) < 4.78 is 0.643. The summed E-state index contributed by atoms with van der Waals surface area (Å²) in [5.41, 5.74) is 6.91. The second-order valence-corrected chi connectivity index (χ2v) is 5.20. The Labute approximate surface area is 129 Å². The van der Waals surface area contributed by atoms with Crippen molar-refractivity contribution in [3.63, 3.8) is 0 Å². The molecule has 1 aromatic heterocycles. The molecule has 1 amide bonds. The highest BCUT2D eigenvalue weighted by atomic mass is 79.9. The molecule has 2 aromatic rings. The van der Waals surface area contributed by atoms with Gasteiger partial charge >= 0.3 is 0 Å². The number of carbonyl (C=O) groups excluding carboxylic acids is 1. The molecule has 20 heavy (non-hydrogen) atoms. The van der Waals surface area contributed by atoms with E-state index in [2.05, 4.69) is 26.2 Å². The number of carbonyl (C=O) groups is 1. The highest BCUT2D eigenvalue weighted by molar-refractivity contribution is 9.10. The third-order valence-electron chi connectivity index (χ3n) is 2.55. The number of nitrogens with one attached hydrogen (secondary N) is 1. The number of pyridine rings is 1. The van der Waals surface area contributed by atoms with E-state index in [-0.39, 0.29) is 16.3 Å². The Morgan fingerprint density at radius 3 is 2.75 bits per heavy atom. The van der Waals surface area contributed by atoms with Crippen molar-refractivity contribution in [3.8, 4) is 5.75 Å². The maximum Gasteiger partial charge on any atom is 0.259 e. The van der Waals surface area contributed by atoms with Gasteiger partial charge in [0.1, 0.15) is 10.7 Å². The first-order valence-electron chi connectivity index (χ1n) is 5.52. The van der Waals surface area contributed by atoms with E-state index >= 15 is 0 Å². The van der Waals surface area contributed by atoms with Crippen molar-refractivity contribution in [1.29, 1.82) is 0 Å². The van der Waals surface area contributed by atoms with Crippen LogP contribution in [0.15, 0.2) is 41.1 Å². The number of hydrogen-bond acceptors (Lipinski definition) is 4. The van der Waals surface area contributed by atoms with Crippen LogP contribution in [0.25, 0.3) is 0 Å². The molecule has 0 atom stereocenters. The van der Waals surface area contributed by atoms with Crippen LogP contribution in [-0.2, 0) is 0 Å². The molecular formula is C13H10BrN3O2S. The van der Waals surface area contributed by atoms with Gasteiger partial charge in [0.2, 0.25) is 0 Å². The van der Waals surface area contributed by atoms with Gasteiger partial charge < -0.3 is 16.2 Å². The normalized spacial score (nSPS) is 10.1. The molecule has 1 heterocycles. The zero-order valence-corrected chi connectivity index (χ0v) is 12.5. The Morgan fingerprint density at radius 1 is 1.40 bits per heavy atom. The average molecular weight is 352 g/mol. The smallest absolute Gasteiger partial charge is 0.259 e. The number of benzene rings is 1. The zero-order valence-electron chi connectivity index (χ0n) is 10.1. The first kappa shape index (κ1) is 14.4. The number of nitrogens with zero attached hydrogens (tertiary/aromatic N) is 1. The highest BCUT2D eigenvalue weighted by Crippen LogP contribution is 2.25. The maximum absolute atomic E-state index is 12.0. The van der Waals surface area contributed by atoms with Gasteiger partial charge in [0.25, 0.3) is 5.91 Å². The van der Waals surface area contributed by atoms with Gasteiger partial charge in [0.15, 0.2) is 0 Å². The number of amides is 1. The molecule has 0 saturated carbocycles. The van der Waals surface area contributed by atoms with Gasteiger partial charge in [0, 0.05) is 16.2 Å². The van der Waals surface area contributed by atoms with Crippen molar-refractivity contribution in [2.24, 2.45) is 5.73 Å². The summed E-state index contributed by atoms with van der Waals surface area (Å²) >= 11 is 8.21. The molecule has 0 fully saturated rings. The molecule has 7 heteroatoms. The number of aromatic hydroxyl groups is 1. The lowest BCUT2D eigenvalue weighted by atomic mass is 10.2. The van der Waals surface area contributed by atoms with Crippen molar-refractivity contribution in [3.05, 3.63) is 52.3 Å². The molecule has 0 spiro atoms. The van der Waals surface area contributed by atoms with E-state index in [4.69, 9.17) is 18.0 Å². The number of hydrogen-bond donors (Lipinski definition) is 3. The van der Waals surface area contributed by atoms with Gasteiger partial charge in [-0.05, 0) is 40.2 Å². The van der Waals surface area contributed by atoms with Crippen LogP contribution in [0.1, 0.15) is 15.9 Å². The van der Waals surface area contributed by atoms with E-state index in [0.29, 0.717) is 15.7 Å². The summed E-state index contributed by atoms with van der Waals surface area (Å²) in [4.78, 5) is 16.0. The van der Waals surface area contributed by atoms with Crippen LogP contribution in [0.3, 0.4) is 0 Å². The monoisotopic (exact) mass is 351 g/mol. The topological polar surface area (TPSA) is 88.2 Å². The van der Waals surface area contributed by atoms with Gasteiger partial charge in [-0.1, -0.05) is 12.2 Å². The van der Waals surface area contributed by atoms with Gasteiger partial charge in [0.05, 0.1) is 17.4 Å². The minimum absolute atomic E-state index is 0.144. The van der Waals surface area contributed by atoms with Crippen molar-refractivity contribution < 1.29 is 9.90 Å². The van der Waals surface area contributed by atoms with Gasteiger partial charge in [-0.15, -0.1) is 0 Å². The second-order valence-electron chi connectivity index (χ2n) is 3.91. The lowest BCUT2D eigenvalue weighted by Gasteiger charge is -2.09. The summed E-state index contributed by atoms with van der Waals surface area (Å²) in [5.74, 6) is -0.616. The Balaban J connectivity index is 2.25. The van der Waals surface area contributed by atoms with Crippen LogP contribution in [0.5, 0.6) is 5.75 Å². The second kappa shape index (κ2) is 5.98. The summed E-state index contributed by atoms with van der Waals surface area (Å²) in [6, 6.07) is 6.52. The third-order valence-corrected chi connectivity index (χ3v) is 3.44. The van der Waals surface area contributed by atoms with Crippen molar-refractivity contribution in [2.75, 3.05) is 5.32 Å². The zero-order chi connectivity index (χ0) is 14.7. The SMILES string of the molecule is NC(=S)c1ccc(NC(=O)c2ccncc2O)c(Br)c1. The molecule has 5 nitrogen and oxygen atoms in total. The molecule has 0 bridgehead atoms. The van der Waals surface area contributed by atoms with Crippen molar-refractivity contribution >= 4 is 44.7 Å². The minimum Gasteiger partial charge on any atom is -0.505 e. The van der Waals surface area contributed by atoms with Gasteiger partial charge in [-0.2, -0.15) is 0 Å². The van der Waals surface area contributed by atoms with E-state index in [1.54, 1.807) is 18.2 Å². The Morgan fingerprint density at radius 2 is 2.15 bits per heavy atom. The van der Waals surface area contributed by atoms with Crippen LogP contribution >= 0.6 is 28.1 Å². The Kier molecular flexibility index (Phi) is 4.31. The standard InChI is InChI=1S/C13H10BrN3O2S/c14-9-5-7(12(15)20)1-2-10(9)17-13(19)8-3-4-16-6-11(8)18/h1-6,18H,(H2,15,20)(H,17,19). The predicted molar refractivity (Wildman–Crippen MR) is 83.9 cm³/mol. The Hall–Kier alpha value is -1.99. The van der Waals surface area contributed by atoms with Crippen LogP contribution in [0.4, 0.5) is 5.69 Å². The van der Waals surface area contributed by atoms with Crippen LogP contribution < -0.4 is 11.1 Å². The summed E-state index contributed by atoms with van der Waals surface area (Å²) in [7, 11) is 0. The molecule has 102 valence electrons. The fraction of sp³-hybridized carbons (Fsp3) is 0. The van der Waals surface area contributed by atoms with E-state index in [9.17, 15) is 9.90 Å². The van der Waals surface area contributed by atoms with E-state index in [1.165, 1.54) is 18.5 Å². The van der Waals surface area contributed by atoms with Gasteiger partial charge in [-0.25, -0.2) is 0 Å². The molecule has 0 aliphatic heterocycles. The number of halogens is 1. The lowest BCUT2D eigenvalue weighted by molar-refractivity contribution is 0.102. The average Bonchev–Trinajstić information content (AvgIpc) is 2.41. The number of anilines is 1. The third kappa shape index (κ3) is 3.12. The molecule has 4 N–H and O–H groups in total. The first-order chi connectivity index (χ1) is 9.49. The quantitative estimate of drug-likeness (QED) is 0.739. The van der Waals surface area contributed by atoms with Crippen LogP contribution in [0, 0.1) is 0 Å². The van der Waals surface area contributed by atoms with Crippen molar-refractivity contribution in [1.82, 2.24) is 4.98 Å². The molecule has 0 aliphatic carbocycles. The first-order valence-corrected chi connectivity index (χ1v) is 6.73. The number of thiocarbonyl (C=S) groups is 1. The number of aromatic nitrogens is 1. The van der Waals surface area contributed by atoms with Crippen LogP contribution in [-0.4, -0.2) is 21.0 Å². The maximum atomic E-state index is 12.0. The fourth-order valence-electron chi connectivity index (χ4n) is 1.54. The summed E-state index contributed by atoms with van der Waals surface area (Å²) in [6.07, 6.45) is 2.64. The molecule has 1 aromatic carbocycles. The molecule has 0 saturated heterocycles. The Bertz CT molecular complexity index is 691.